The lowest BCUT2D eigenvalue weighted by molar-refractivity contribution is 0.413. The van der Waals surface area contributed by atoms with Crippen LogP contribution in [-0.4, -0.2) is 21.3 Å². The zero-order chi connectivity index (χ0) is 21.8. The fourth-order valence-corrected chi connectivity index (χ4v) is 4.26. The Labute approximate surface area is 188 Å². The monoisotopic (exact) mass is 446 g/mol. The van der Waals surface area contributed by atoms with E-state index in [1.54, 1.807) is 10.6 Å². The second kappa shape index (κ2) is 9.08. The Morgan fingerprint density at radius 1 is 1.23 bits per heavy atom. The van der Waals surface area contributed by atoms with Crippen LogP contribution in [0, 0.1) is 22.2 Å². The van der Waals surface area contributed by atoms with E-state index in [-0.39, 0.29) is 23.4 Å². The van der Waals surface area contributed by atoms with E-state index < -0.39 is 0 Å². The largest absolute Gasteiger partial charge is 0.493 e. The van der Waals surface area contributed by atoms with Gasteiger partial charge in [-0.25, -0.2) is 4.99 Å². The topological polar surface area (TPSA) is 82.9 Å². The molecule has 0 bridgehead atoms. The number of nitrogens with zero attached hydrogens (tertiary/aromatic N) is 4. The predicted molar refractivity (Wildman–Crippen MR) is 125 cm³/mol. The zero-order valence-corrected chi connectivity index (χ0v) is 18.3. The van der Waals surface area contributed by atoms with Gasteiger partial charge in [0.2, 0.25) is 17.5 Å². The Morgan fingerprint density at radius 3 is 2.68 bits per heavy atom. The molecule has 0 spiro atoms. The molecule has 1 aliphatic heterocycles. The Hall–Kier alpha value is -3.54. The highest BCUT2D eigenvalue weighted by atomic mass is 32.1. The maximum atomic E-state index is 10.7. The fraction of sp³-hybridized carbons (Fsp3) is 0.130. The number of rotatable bonds is 5. The van der Waals surface area contributed by atoms with Crippen molar-refractivity contribution in [2.24, 2.45) is 9.98 Å². The fourth-order valence-electron chi connectivity index (χ4n) is 2.98. The number of ether oxygens (including phenoxy) is 1. The van der Waals surface area contributed by atoms with Crippen molar-refractivity contribution in [2.45, 2.75) is 19.9 Å². The molecule has 2 heterocycles. The molecule has 8 heteroatoms. The van der Waals surface area contributed by atoms with Gasteiger partial charge in [0.05, 0.1) is 10.6 Å². The van der Waals surface area contributed by atoms with Gasteiger partial charge in [0, 0.05) is 12.6 Å². The van der Waals surface area contributed by atoms with E-state index >= 15 is 0 Å². The van der Waals surface area contributed by atoms with Gasteiger partial charge in [-0.15, -0.1) is 11.3 Å². The van der Waals surface area contributed by atoms with E-state index in [1.807, 2.05) is 67.6 Å². The highest BCUT2D eigenvalue weighted by Gasteiger charge is 2.23. The molecule has 1 aliphatic rings. The van der Waals surface area contributed by atoms with Gasteiger partial charge in [0.1, 0.15) is 6.07 Å². The van der Waals surface area contributed by atoms with Gasteiger partial charge in [0.15, 0.2) is 3.95 Å². The van der Waals surface area contributed by atoms with Crippen LogP contribution in [0.2, 0.25) is 0 Å². The summed E-state index contributed by atoms with van der Waals surface area (Å²) in [7, 11) is 0. The van der Waals surface area contributed by atoms with E-state index in [4.69, 9.17) is 17.0 Å². The van der Waals surface area contributed by atoms with Crippen molar-refractivity contribution < 1.29 is 9.84 Å². The molecule has 31 heavy (non-hydrogen) atoms. The number of aryl methyl sites for hydroxylation is 2. The lowest BCUT2D eigenvalue weighted by Crippen LogP contribution is -2.07. The summed E-state index contributed by atoms with van der Waals surface area (Å²) in [6.07, 6.45) is 2.32. The van der Waals surface area contributed by atoms with Crippen LogP contribution in [0.1, 0.15) is 16.0 Å². The van der Waals surface area contributed by atoms with E-state index in [9.17, 15) is 10.4 Å². The smallest absolute Gasteiger partial charge is 0.258 e. The van der Waals surface area contributed by atoms with Crippen molar-refractivity contribution >= 4 is 46.9 Å². The second-order valence-electron chi connectivity index (χ2n) is 6.85. The number of benzene rings is 2. The van der Waals surface area contributed by atoms with Crippen molar-refractivity contribution in [3.63, 3.8) is 0 Å². The molecular formula is C23H18N4O2S2. The first-order chi connectivity index (χ1) is 15.0. The minimum Gasteiger partial charge on any atom is -0.493 e. The van der Waals surface area contributed by atoms with E-state index in [2.05, 4.69) is 9.98 Å². The summed E-state index contributed by atoms with van der Waals surface area (Å²) in [6, 6.07) is 19.5. The predicted octanol–water partition coefficient (Wildman–Crippen LogP) is 5.56. The standard InChI is InChI=1S/C23H18N4O2S2/c1-15-7-9-17(10-8-15)25-21-18(14-24)26-20(29-21)13-19-22(28)27(23(30)31-19)12-11-16-5-3-2-4-6-16/h2-10,13,28H,11-12H2,1H3/b20-13+,25-21?. The van der Waals surface area contributed by atoms with Crippen molar-refractivity contribution in [3.8, 4) is 11.9 Å². The summed E-state index contributed by atoms with van der Waals surface area (Å²) < 4.78 is 7.91. The SMILES string of the molecule is Cc1ccc(N=C2O/C(=C/c3sc(=S)n(CCc4ccccc4)c3O)N=C2C#N)cc1. The van der Waals surface area contributed by atoms with E-state index in [1.165, 1.54) is 11.3 Å². The molecule has 1 aromatic heterocycles. The van der Waals surface area contributed by atoms with Crippen molar-refractivity contribution in [1.29, 1.82) is 5.26 Å². The van der Waals surface area contributed by atoms with Gasteiger partial charge in [-0.3, -0.25) is 4.57 Å². The minimum atomic E-state index is 0.0552. The minimum absolute atomic E-state index is 0.0552. The van der Waals surface area contributed by atoms with Crippen molar-refractivity contribution in [1.82, 2.24) is 4.57 Å². The Morgan fingerprint density at radius 2 is 1.97 bits per heavy atom. The maximum absolute atomic E-state index is 10.7. The third-order valence-corrected chi connectivity index (χ3v) is 6.00. The second-order valence-corrected chi connectivity index (χ2v) is 8.53. The molecule has 4 rings (SSSR count). The van der Waals surface area contributed by atoms with Crippen LogP contribution in [0.25, 0.3) is 6.08 Å². The number of hydrogen-bond acceptors (Lipinski definition) is 7. The van der Waals surface area contributed by atoms with Crippen molar-refractivity contribution in [3.05, 3.63) is 80.4 Å². The molecule has 3 aromatic rings. The summed E-state index contributed by atoms with van der Waals surface area (Å²) in [5, 5.41) is 20.0. The van der Waals surface area contributed by atoms with Gasteiger partial charge in [-0.1, -0.05) is 48.0 Å². The molecule has 0 fully saturated rings. The van der Waals surface area contributed by atoms with Crippen molar-refractivity contribution in [2.75, 3.05) is 0 Å². The molecule has 6 nitrogen and oxygen atoms in total. The molecule has 1 N–H and O–H groups in total. The first kappa shape index (κ1) is 20.7. The number of nitriles is 1. The van der Waals surface area contributed by atoms with Gasteiger partial charge in [-0.05, 0) is 43.3 Å². The van der Waals surface area contributed by atoms with Crippen LogP contribution >= 0.6 is 23.6 Å². The van der Waals surface area contributed by atoms with Gasteiger partial charge < -0.3 is 9.84 Å². The normalized spacial score (nSPS) is 15.7. The van der Waals surface area contributed by atoms with Gasteiger partial charge in [0.25, 0.3) is 5.90 Å². The Kier molecular flexibility index (Phi) is 6.07. The molecular weight excluding hydrogens is 428 g/mol. The number of aromatic nitrogens is 1. The molecule has 2 aromatic carbocycles. The molecule has 0 aliphatic carbocycles. The Balaban J connectivity index is 1.56. The number of hydrogen-bond donors (Lipinski definition) is 1. The van der Waals surface area contributed by atoms with Crippen LogP contribution in [0.5, 0.6) is 5.88 Å². The zero-order valence-electron chi connectivity index (χ0n) is 16.6. The highest BCUT2D eigenvalue weighted by molar-refractivity contribution is 7.73. The van der Waals surface area contributed by atoms with Crippen LogP contribution in [0.4, 0.5) is 5.69 Å². The quantitative estimate of drug-likeness (QED) is 0.520. The molecule has 154 valence electrons. The number of aliphatic imine (C=N–C) groups is 2. The molecule has 0 amide bonds. The summed E-state index contributed by atoms with van der Waals surface area (Å²) in [4.78, 5) is 9.07. The van der Waals surface area contributed by atoms with Crippen LogP contribution in [-0.2, 0) is 17.7 Å². The van der Waals surface area contributed by atoms with Crippen LogP contribution in [0.15, 0.2) is 70.5 Å². The third-order valence-electron chi connectivity index (χ3n) is 4.61. The molecule has 0 unspecified atom stereocenters. The third kappa shape index (κ3) is 4.79. The summed E-state index contributed by atoms with van der Waals surface area (Å²) in [5.41, 5.74) is 3.02. The van der Waals surface area contributed by atoms with E-state index in [0.717, 1.165) is 17.5 Å². The molecule has 0 saturated heterocycles. The lowest BCUT2D eigenvalue weighted by Gasteiger charge is -2.05. The van der Waals surface area contributed by atoms with E-state index in [0.29, 0.717) is 21.1 Å². The van der Waals surface area contributed by atoms with Crippen LogP contribution in [0.3, 0.4) is 0 Å². The summed E-state index contributed by atoms with van der Waals surface area (Å²) in [6.45, 7) is 2.54. The summed E-state index contributed by atoms with van der Waals surface area (Å²) in [5.74, 6) is 0.369. The molecule has 0 radical (unpaired) electrons. The van der Waals surface area contributed by atoms with Gasteiger partial charge >= 0.3 is 0 Å². The van der Waals surface area contributed by atoms with Crippen LogP contribution < -0.4 is 0 Å². The first-order valence-corrected chi connectivity index (χ1v) is 10.8. The Bertz CT molecular complexity index is 1290. The average Bonchev–Trinajstić information content (AvgIpc) is 3.28. The maximum Gasteiger partial charge on any atom is 0.258 e. The average molecular weight is 447 g/mol. The summed E-state index contributed by atoms with van der Waals surface area (Å²) >= 11 is 6.68. The molecule has 0 atom stereocenters. The molecule has 0 saturated carbocycles. The number of thiazole rings is 1. The first-order valence-electron chi connectivity index (χ1n) is 9.54. The number of aromatic hydroxyl groups is 1. The van der Waals surface area contributed by atoms with Gasteiger partial charge in [-0.2, -0.15) is 10.3 Å². The lowest BCUT2D eigenvalue weighted by atomic mass is 10.1. The highest BCUT2D eigenvalue weighted by Crippen LogP contribution is 2.30.